The van der Waals surface area contributed by atoms with Crippen LogP contribution in [0.1, 0.15) is 37.4 Å². The second-order valence-electron chi connectivity index (χ2n) is 4.82. The van der Waals surface area contributed by atoms with Crippen molar-refractivity contribution in [1.29, 1.82) is 0 Å². The Morgan fingerprint density at radius 3 is 3.11 bits per heavy atom. The fourth-order valence-electron chi connectivity index (χ4n) is 1.95. The number of hydrogen-bond acceptors (Lipinski definition) is 4. The van der Waals surface area contributed by atoms with Crippen LogP contribution < -0.4 is 10.1 Å². The smallest absolute Gasteiger partial charge is 0.138 e. The van der Waals surface area contributed by atoms with Gasteiger partial charge in [0.25, 0.3) is 0 Å². The second kappa shape index (κ2) is 7.13. The van der Waals surface area contributed by atoms with Crippen LogP contribution >= 0.6 is 0 Å². The van der Waals surface area contributed by atoms with E-state index in [0.29, 0.717) is 31.2 Å². The lowest BCUT2D eigenvalue weighted by atomic mass is 10.1. The molecule has 4 heteroatoms. The predicted molar refractivity (Wildman–Crippen MR) is 73.8 cm³/mol. The number of nitrogens with one attached hydrogen (secondary N) is 1. The summed E-state index contributed by atoms with van der Waals surface area (Å²) in [5, 5.41) is 13.3. The molecule has 1 aliphatic rings. The molecule has 102 valence electrons. The number of unbranched alkanes of at least 4 members (excludes halogenated alkanes) is 1. The van der Waals surface area contributed by atoms with Crippen molar-refractivity contribution in [3.8, 4) is 18.1 Å². The largest absolute Gasteiger partial charge is 0.490 e. The molecule has 0 aromatic carbocycles. The van der Waals surface area contributed by atoms with Gasteiger partial charge in [0, 0.05) is 24.2 Å². The van der Waals surface area contributed by atoms with Gasteiger partial charge < -0.3 is 15.2 Å². The van der Waals surface area contributed by atoms with Crippen molar-refractivity contribution >= 4 is 0 Å². The van der Waals surface area contributed by atoms with E-state index in [1.165, 1.54) is 0 Å². The zero-order valence-electron chi connectivity index (χ0n) is 11.0. The standard InChI is InChI=1S/C15H20N2O2/c1-2-3-4-5-15(18)12-8-14(10-16-9-12)19-11-13-6-7-17-13/h1,8-10,13,15,17-18H,3-7,11H2. The van der Waals surface area contributed by atoms with E-state index in [9.17, 15) is 5.11 Å². The molecule has 2 N–H and O–H groups in total. The molecule has 1 saturated heterocycles. The fraction of sp³-hybridized carbons (Fsp3) is 0.533. The molecule has 1 aliphatic heterocycles. The normalized spacial score (nSPS) is 19.3. The van der Waals surface area contributed by atoms with Crippen molar-refractivity contribution in [1.82, 2.24) is 10.3 Å². The van der Waals surface area contributed by atoms with Crippen molar-refractivity contribution in [3.63, 3.8) is 0 Å². The maximum atomic E-state index is 10.0. The third kappa shape index (κ3) is 4.23. The molecule has 2 atom stereocenters. The zero-order chi connectivity index (χ0) is 13.5. The molecule has 0 bridgehead atoms. The van der Waals surface area contributed by atoms with E-state index in [1.807, 2.05) is 6.07 Å². The Kier molecular flexibility index (Phi) is 5.20. The highest BCUT2D eigenvalue weighted by Crippen LogP contribution is 2.22. The third-order valence-corrected chi connectivity index (χ3v) is 3.29. The molecular weight excluding hydrogens is 240 g/mol. The Balaban J connectivity index is 1.84. The van der Waals surface area contributed by atoms with Gasteiger partial charge >= 0.3 is 0 Å². The Labute approximate surface area is 114 Å². The molecule has 0 amide bonds. The van der Waals surface area contributed by atoms with Gasteiger partial charge in [-0.3, -0.25) is 4.98 Å². The molecule has 0 aliphatic carbocycles. The number of pyridine rings is 1. The van der Waals surface area contributed by atoms with Crippen LogP contribution in [-0.4, -0.2) is 29.3 Å². The van der Waals surface area contributed by atoms with E-state index in [1.54, 1.807) is 12.4 Å². The summed E-state index contributed by atoms with van der Waals surface area (Å²) in [5.74, 6) is 3.28. The lowest BCUT2D eigenvalue weighted by molar-refractivity contribution is 0.163. The van der Waals surface area contributed by atoms with Crippen molar-refractivity contribution < 1.29 is 9.84 Å². The summed E-state index contributed by atoms with van der Waals surface area (Å²) < 4.78 is 5.66. The molecule has 1 aromatic rings. The summed E-state index contributed by atoms with van der Waals surface area (Å²) in [6, 6.07) is 2.30. The van der Waals surface area contributed by atoms with Gasteiger partial charge in [0.2, 0.25) is 0 Å². The summed E-state index contributed by atoms with van der Waals surface area (Å²) in [5.41, 5.74) is 0.788. The molecule has 4 nitrogen and oxygen atoms in total. The van der Waals surface area contributed by atoms with Crippen molar-refractivity contribution in [3.05, 3.63) is 24.0 Å². The average Bonchev–Trinajstić information content (AvgIpc) is 2.37. The lowest BCUT2D eigenvalue weighted by Crippen LogP contribution is -2.46. The molecule has 2 heterocycles. The molecule has 0 spiro atoms. The van der Waals surface area contributed by atoms with Gasteiger partial charge in [-0.25, -0.2) is 0 Å². The van der Waals surface area contributed by atoms with Crippen molar-refractivity contribution in [2.24, 2.45) is 0 Å². The number of terminal acetylenes is 1. The molecule has 2 unspecified atom stereocenters. The summed E-state index contributed by atoms with van der Waals surface area (Å²) >= 11 is 0. The first kappa shape index (κ1) is 13.9. The monoisotopic (exact) mass is 260 g/mol. The fourth-order valence-corrected chi connectivity index (χ4v) is 1.95. The second-order valence-corrected chi connectivity index (χ2v) is 4.82. The molecule has 0 saturated carbocycles. The minimum atomic E-state index is -0.522. The number of aliphatic hydroxyl groups is 1. The summed E-state index contributed by atoms with van der Waals surface area (Å²) in [4.78, 5) is 4.11. The van der Waals surface area contributed by atoms with E-state index < -0.39 is 6.10 Å². The van der Waals surface area contributed by atoms with Crippen LogP contribution in [0.15, 0.2) is 18.5 Å². The van der Waals surface area contributed by atoms with Crippen LogP contribution in [0.4, 0.5) is 0 Å². The van der Waals surface area contributed by atoms with Gasteiger partial charge in [-0.15, -0.1) is 12.3 Å². The first-order chi connectivity index (χ1) is 9.29. The Hall–Kier alpha value is -1.57. The van der Waals surface area contributed by atoms with Crippen LogP contribution in [0.25, 0.3) is 0 Å². The van der Waals surface area contributed by atoms with Gasteiger partial charge in [0.1, 0.15) is 12.4 Å². The van der Waals surface area contributed by atoms with E-state index in [4.69, 9.17) is 11.2 Å². The highest BCUT2D eigenvalue weighted by Gasteiger charge is 2.17. The third-order valence-electron chi connectivity index (χ3n) is 3.29. The zero-order valence-corrected chi connectivity index (χ0v) is 11.0. The quantitative estimate of drug-likeness (QED) is 0.578. The van der Waals surface area contributed by atoms with Crippen LogP contribution in [0.3, 0.4) is 0 Å². The highest BCUT2D eigenvalue weighted by atomic mass is 16.5. The van der Waals surface area contributed by atoms with Gasteiger partial charge in [-0.05, 0) is 31.9 Å². The number of nitrogens with zero attached hydrogens (tertiary/aromatic N) is 1. The molecule has 0 radical (unpaired) electrons. The topological polar surface area (TPSA) is 54.4 Å². The van der Waals surface area contributed by atoms with E-state index in [2.05, 4.69) is 16.2 Å². The van der Waals surface area contributed by atoms with Crippen LogP contribution in [0, 0.1) is 12.3 Å². The SMILES string of the molecule is C#CCCCC(O)c1cncc(OCC2CCN2)c1. The average molecular weight is 260 g/mol. The lowest BCUT2D eigenvalue weighted by Gasteiger charge is -2.27. The van der Waals surface area contributed by atoms with Crippen LogP contribution in [0.2, 0.25) is 0 Å². The molecule has 1 aromatic heterocycles. The number of hydrogen-bond donors (Lipinski definition) is 2. The van der Waals surface area contributed by atoms with Crippen LogP contribution in [-0.2, 0) is 0 Å². The number of ether oxygens (including phenoxy) is 1. The van der Waals surface area contributed by atoms with E-state index >= 15 is 0 Å². The predicted octanol–water partition coefficient (Wildman–Crippen LogP) is 1.66. The maximum Gasteiger partial charge on any atom is 0.138 e. The Bertz CT molecular complexity index is 438. The maximum absolute atomic E-state index is 10.0. The summed E-state index contributed by atoms with van der Waals surface area (Å²) in [6.07, 6.45) is 11.3. The highest BCUT2D eigenvalue weighted by molar-refractivity contribution is 5.25. The first-order valence-corrected chi connectivity index (χ1v) is 6.72. The minimum absolute atomic E-state index is 0.448. The summed E-state index contributed by atoms with van der Waals surface area (Å²) in [6.45, 7) is 1.72. The first-order valence-electron chi connectivity index (χ1n) is 6.72. The Morgan fingerprint density at radius 2 is 2.42 bits per heavy atom. The van der Waals surface area contributed by atoms with E-state index in [0.717, 1.165) is 24.9 Å². The van der Waals surface area contributed by atoms with Gasteiger partial charge in [0.05, 0.1) is 12.3 Å². The van der Waals surface area contributed by atoms with Gasteiger partial charge in [0.15, 0.2) is 0 Å². The van der Waals surface area contributed by atoms with Gasteiger partial charge in [-0.2, -0.15) is 0 Å². The minimum Gasteiger partial charge on any atom is -0.490 e. The van der Waals surface area contributed by atoms with E-state index in [-0.39, 0.29) is 0 Å². The van der Waals surface area contributed by atoms with Crippen molar-refractivity contribution in [2.75, 3.05) is 13.2 Å². The molecule has 2 rings (SSSR count). The number of rotatable bonds is 7. The molecule has 19 heavy (non-hydrogen) atoms. The van der Waals surface area contributed by atoms with Gasteiger partial charge in [-0.1, -0.05) is 0 Å². The Morgan fingerprint density at radius 1 is 1.58 bits per heavy atom. The molecule has 1 fully saturated rings. The molecular formula is C15H20N2O2. The summed E-state index contributed by atoms with van der Waals surface area (Å²) in [7, 11) is 0. The van der Waals surface area contributed by atoms with Crippen molar-refractivity contribution in [2.45, 2.75) is 37.8 Å². The van der Waals surface area contributed by atoms with Crippen LogP contribution in [0.5, 0.6) is 5.75 Å². The number of aromatic nitrogens is 1. The number of aliphatic hydroxyl groups excluding tert-OH is 1.